The molecule has 0 aliphatic carbocycles. The molecule has 0 aliphatic rings. The summed E-state index contributed by atoms with van der Waals surface area (Å²) < 4.78 is 39.6. The van der Waals surface area contributed by atoms with Crippen LogP contribution >= 0.6 is 22.6 Å². The number of aromatic carboxylic acids is 1. The molecule has 0 radical (unpaired) electrons. The van der Waals surface area contributed by atoms with E-state index in [1.807, 2.05) is 0 Å². The summed E-state index contributed by atoms with van der Waals surface area (Å²) in [7, 11) is 0. The van der Waals surface area contributed by atoms with Crippen LogP contribution in [0.2, 0.25) is 0 Å². The molecule has 0 fully saturated rings. The van der Waals surface area contributed by atoms with Gasteiger partial charge in [-0.25, -0.2) is 9.78 Å². The molecule has 0 unspecified atom stereocenters. The van der Waals surface area contributed by atoms with Gasteiger partial charge in [0.25, 0.3) is 0 Å². The quantitative estimate of drug-likeness (QED) is 0.632. The third kappa shape index (κ3) is 3.70. The highest BCUT2D eigenvalue weighted by atomic mass is 127. The van der Waals surface area contributed by atoms with Gasteiger partial charge in [-0.3, -0.25) is 0 Å². The number of nitrogens with two attached hydrogens (primary N) is 1. The van der Waals surface area contributed by atoms with Crippen LogP contribution in [-0.4, -0.2) is 22.4 Å². The number of rotatable bonds is 3. The van der Waals surface area contributed by atoms with Gasteiger partial charge in [-0.2, -0.15) is 0 Å². The van der Waals surface area contributed by atoms with E-state index < -0.39 is 23.6 Å². The number of carbonyl (C=O) groups is 1. The summed E-state index contributed by atoms with van der Waals surface area (Å²) >= 11 is 1.50. The zero-order valence-corrected chi connectivity index (χ0v) is 10.2. The molecule has 0 aliphatic heterocycles. The van der Waals surface area contributed by atoms with Gasteiger partial charge < -0.3 is 15.6 Å². The van der Waals surface area contributed by atoms with E-state index in [0.717, 1.165) is 6.07 Å². The minimum atomic E-state index is -4.90. The van der Waals surface area contributed by atoms with Crippen LogP contribution in [0, 0.1) is 3.70 Å². The van der Waals surface area contributed by atoms with E-state index in [9.17, 15) is 18.0 Å². The second-order valence-corrected chi connectivity index (χ2v) is 3.85. The molecule has 1 rings (SSSR count). The average molecular weight is 362 g/mol. The van der Waals surface area contributed by atoms with Crippen molar-refractivity contribution in [2.45, 2.75) is 12.9 Å². The normalized spacial score (nSPS) is 11.4. The maximum Gasteiger partial charge on any atom is 0.573 e. The molecule has 1 heterocycles. The number of pyridine rings is 1. The minimum absolute atomic E-state index is 0.00331. The van der Waals surface area contributed by atoms with Crippen molar-refractivity contribution in [3.8, 4) is 5.75 Å². The largest absolute Gasteiger partial charge is 0.573 e. The number of ether oxygens (including phenoxy) is 1. The van der Waals surface area contributed by atoms with Crippen molar-refractivity contribution in [1.82, 2.24) is 4.98 Å². The summed E-state index contributed by atoms with van der Waals surface area (Å²) in [5.41, 5.74) is 4.83. The number of hydrogen-bond acceptors (Lipinski definition) is 4. The maximum atomic E-state index is 12.0. The molecule has 5 nitrogen and oxygen atoms in total. The van der Waals surface area contributed by atoms with Gasteiger partial charge in [0.05, 0.1) is 11.3 Å². The summed E-state index contributed by atoms with van der Waals surface area (Å²) in [6, 6.07) is 0.757. The average Bonchev–Trinajstić information content (AvgIpc) is 2.18. The Balaban J connectivity index is 3.25. The van der Waals surface area contributed by atoms with Crippen LogP contribution < -0.4 is 10.5 Å². The lowest BCUT2D eigenvalue weighted by molar-refractivity contribution is -0.275. The molecule has 3 N–H and O–H groups in total. The minimum Gasteiger partial charge on any atom is -0.478 e. The van der Waals surface area contributed by atoms with Crippen molar-refractivity contribution in [3.63, 3.8) is 0 Å². The fourth-order valence-corrected chi connectivity index (χ4v) is 1.60. The molecular formula is C8H6F3IN2O3. The summed E-state index contributed by atoms with van der Waals surface area (Å²) in [4.78, 5) is 14.4. The van der Waals surface area contributed by atoms with Crippen molar-refractivity contribution >= 4 is 28.6 Å². The Bertz CT molecular complexity index is 450. The molecule has 0 spiro atoms. The molecule has 0 saturated heterocycles. The first-order valence-corrected chi connectivity index (χ1v) is 5.21. The van der Waals surface area contributed by atoms with Crippen LogP contribution in [0.5, 0.6) is 5.75 Å². The number of alkyl halides is 3. The molecule has 1 aromatic rings. The van der Waals surface area contributed by atoms with Crippen molar-refractivity contribution in [2.75, 3.05) is 0 Å². The molecule has 0 bridgehead atoms. The zero-order valence-electron chi connectivity index (χ0n) is 8.08. The van der Waals surface area contributed by atoms with Gasteiger partial charge in [-0.15, -0.1) is 13.2 Å². The molecular weight excluding hydrogens is 356 g/mol. The Labute approximate surface area is 107 Å². The van der Waals surface area contributed by atoms with E-state index >= 15 is 0 Å². The van der Waals surface area contributed by atoms with Gasteiger partial charge in [-0.1, -0.05) is 0 Å². The van der Waals surface area contributed by atoms with Crippen LogP contribution in [0.4, 0.5) is 13.2 Å². The Morgan fingerprint density at radius 2 is 2.18 bits per heavy atom. The zero-order chi connectivity index (χ0) is 13.2. The number of carboxylic acid groups (broad SMARTS) is 1. The molecule has 17 heavy (non-hydrogen) atoms. The van der Waals surface area contributed by atoms with Crippen LogP contribution in [0.3, 0.4) is 0 Å². The van der Waals surface area contributed by atoms with Gasteiger partial charge in [0, 0.05) is 6.54 Å². The summed E-state index contributed by atoms with van der Waals surface area (Å²) in [6.07, 6.45) is -4.90. The van der Waals surface area contributed by atoms with Gasteiger partial charge in [0.1, 0.15) is 3.70 Å². The fourth-order valence-electron chi connectivity index (χ4n) is 1.04. The first kappa shape index (κ1) is 14.0. The lowest BCUT2D eigenvalue weighted by Gasteiger charge is -2.12. The molecule has 0 saturated carbocycles. The van der Waals surface area contributed by atoms with Crippen LogP contribution in [-0.2, 0) is 6.54 Å². The Kier molecular flexibility index (Phi) is 4.14. The Morgan fingerprint density at radius 3 is 2.59 bits per heavy atom. The number of aromatic nitrogens is 1. The summed E-state index contributed by atoms with van der Waals surface area (Å²) in [6.45, 7) is -0.191. The van der Waals surface area contributed by atoms with E-state index in [2.05, 4.69) is 9.72 Å². The first-order valence-electron chi connectivity index (χ1n) is 4.13. The monoisotopic (exact) mass is 362 g/mol. The highest BCUT2D eigenvalue weighted by Crippen LogP contribution is 2.28. The molecule has 0 amide bonds. The third-order valence-electron chi connectivity index (χ3n) is 1.67. The van der Waals surface area contributed by atoms with E-state index in [1.54, 1.807) is 0 Å². The van der Waals surface area contributed by atoms with Gasteiger partial charge >= 0.3 is 12.3 Å². The van der Waals surface area contributed by atoms with E-state index in [-0.39, 0.29) is 15.9 Å². The summed E-state index contributed by atoms with van der Waals surface area (Å²) in [5.74, 6) is -2.07. The number of hydrogen-bond donors (Lipinski definition) is 2. The van der Waals surface area contributed by atoms with E-state index in [1.165, 1.54) is 22.6 Å². The SMILES string of the molecule is NCc1nc(I)c(OC(F)(F)F)cc1C(=O)O. The van der Waals surface area contributed by atoms with Crippen molar-refractivity contribution in [3.05, 3.63) is 21.0 Å². The second kappa shape index (κ2) is 5.04. The Morgan fingerprint density at radius 1 is 1.59 bits per heavy atom. The molecule has 0 atom stereocenters. The van der Waals surface area contributed by atoms with Crippen molar-refractivity contribution in [2.24, 2.45) is 5.73 Å². The second-order valence-electron chi connectivity index (χ2n) is 2.83. The number of nitrogens with zero attached hydrogens (tertiary/aromatic N) is 1. The third-order valence-corrected chi connectivity index (χ3v) is 2.45. The molecule has 94 valence electrons. The number of halogens is 4. The Hall–Kier alpha value is -1.10. The standard InChI is InChI=1S/C8H6F3IN2O3/c9-8(10,11)17-5-1-3(7(15)16)4(2-13)14-6(5)12/h1H,2,13H2,(H,15,16). The molecule has 0 aromatic carbocycles. The maximum absolute atomic E-state index is 12.0. The van der Waals surface area contributed by atoms with Gasteiger partial charge in [0.2, 0.25) is 0 Å². The fraction of sp³-hybridized carbons (Fsp3) is 0.250. The predicted octanol–water partition coefficient (Wildman–Crippen LogP) is 1.74. The van der Waals surface area contributed by atoms with Crippen LogP contribution in [0.25, 0.3) is 0 Å². The van der Waals surface area contributed by atoms with Gasteiger partial charge in [0.15, 0.2) is 5.75 Å². The lowest BCUT2D eigenvalue weighted by Crippen LogP contribution is -2.19. The summed E-state index contributed by atoms with van der Waals surface area (Å²) in [5, 5.41) is 8.78. The highest BCUT2D eigenvalue weighted by Gasteiger charge is 2.33. The van der Waals surface area contributed by atoms with Crippen molar-refractivity contribution in [1.29, 1.82) is 0 Å². The molecule has 9 heteroatoms. The van der Waals surface area contributed by atoms with Gasteiger partial charge in [-0.05, 0) is 28.7 Å². The predicted molar refractivity (Wildman–Crippen MR) is 58.5 cm³/mol. The topological polar surface area (TPSA) is 85.4 Å². The molecule has 1 aromatic heterocycles. The van der Waals surface area contributed by atoms with E-state index in [4.69, 9.17) is 10.8 Å². The van der Waals surface area contributed by atoms with Crippen molar-refractivity contribution < 1.29 is 27.8 Å². The number of carboxylic acids is 1. The van der Waals surface area contributed by atoms with Crippen LogP contribution in [0.15, 0.2) is 6.07 Å². The lowest BCUT2D eigenvalue weighted by atomic mass is 10.2. The first-order chi connectivity index (χ1) is 7.74. The smallest absolute Gasteiger partial charge is 0.478 e. The van der Waals surface area contributed by atoms with E-state index in [0.29, 0.717) is 0 Å². The van der Waals surface area contributed by atoms with Crippen LogP contribution in [0.1, 0.15) is 16.1 Å². The highest BCUT2D eigenvalue weighted by molar-refractivity contribution is 14.1.